The molecule has 3 nitrogen and oxygen atoms in total. The summed E-state index contributed by atoms with van der Waals surface area (Å²) in [6, 6.07) is 3.36. The molecule has 1 aliphatic carbocycles. The molecule has 0 atom stereocenters. The molecular formula is C12H13F3N2O. The zero-order valence-electron chi connectivity index (χ0n) is 9.55. The summed E-state index contributed by atoms with van der Waals surface area (Å²) in [6.45, 7) is 0. The highest BCUT2D eigenvalue weighted by Crippen LogP contribution is 2.34. The molecular weight excluding hydrogens is 245 g/mol. The summed E-state index contributed by atoms with van der Waals surface area (Å²) in [5.74, 6) is -0.278. The Kier molecular flexibility index (Phi) is 3.19. The molecule has 18 heavy (non-hydrogen) atoms. The van der Waals surface area contributed by atoms with Gasteiger partial charge >= 0.3 is 6.18 Å². The number of nitrogens with one attached hydrogen (secondary N) is 1. The van der Waals surface area contributed by atoms with Crippen LogP contribution in [-0.4, -0.2) is 11.9 Å². The summed E-state index contributed by atoms with van der Waals surface area (Å²) >= 11 is 0. The molecule has 3 N–H and O–H groups in total. The molecule has 2 rings (SSSR count). The Bertz CT molecular complexity index is 467. The summed E-state index contributed by atoms with van der Waals surface area (Å²) in [7, 11) is 0. The molecule has 0 aromatic heterocycles. The lowest BCUT2D eigenvalue weighted by atomic mass is 9.96. The Morgan fingerprint density at radius 1 is 1.33 bits per heavy atom. The van der Waals surface area contributed by atoms with E-state index in [4.69, 9.17) is 15.9 Å². The molecule has 0 spiro atoms. The lowest BCUT2D eigenvalue weighted by Gasteiger charge is -2.26. The van der Waals surface area contributed by atoms with Gasteiger partial charge in [-0.1, -0.05) is 0 Å². The van der Waals surface area contributed by atoms with Crippen LogP contribution in [0.3, 0.4) is 0 Å². The third-order valence-electron chi connectivity index (χ3n) is 2.94. The van der Waals surface area contributed by atoms with Gasteiger partial charge in [-0.05, 0) is 37.5 Å². The Labute approximate surface area is 102 Å². The molecule has 0 unspecified atom stereocenters. The number of ether oxygens (including phenoxy) is 1. The van der Waals surface area contributed by atoms with Crippen LogP contribution in [0.2, 0.25) is 0 Å². The maximum Gasteiger partial charge on any atom is 0.417 e. The lowest BCUT2D eigenvalue weighted by molar-refractivity contribution is -0.137. The smallest absolute Gasteiger partial charge is 0.417 e. The van der Waals surface area contributed by atoms with Gasteiger partial charge in [0.2, 0.25) is 0 Å². The molecule has 0 bridgehead atoms. The van der Waals surface area contributed by atoms with E-state index in [2.05, 4.69) is 0 Å². The second kappa shape index (κ2) is 4.51. The van der Waals surface area contributed by atoms with Gasteiger partial charge in [0.15, 0.2) is 0 Å². The summed E-state index contributed by atoms with van der Waals surface area (Å²) in [5.41, 5.74) is 3.94. The van der Waals surface area contributed by atoms with Gasteiger partial charge in [0.25, 0.3) is 0 Å². The summed E-state index contributed by atoms with van der Waals surface area (Å²) in [6.07, 6.45) is -1.55. The van der Waals surface area contributed by atoms with Crippen molar-refractivity contribution < 1.29 is 17.9 Å². The molecule has 0 amide bonds. The number of amidine groups is 1. The van der Waals surface area contributed by atoms with Crippen molar-refractivity contribution in [3.05, 3.63) is 29.3 Å². The largest absolute Gasteiger partial charge is 0.490 e. The first-order valence-electron chi connectivity index (χ1n) is 5.60. The van der Waals surface area contributed by atoms with Gasteiger partial charge in [0.1, 0.15) is 11.6 Å². The SMILES string of the molecule is N=C(N)c1cc(OC2CCC2)ccc1C(F)(F)F. The van der Waals surface area contributed by atoms with Crippen molar-refractivity contribution >= 4 is 5.84 Å². The first kappa shape index (κ1) is 12.7. The fourth-order valence-electron chi connectivity index (χ4n) is 1.75. The van der Waals surface area contributed by atoms with Gasteiger partial charge in [0.05, 0.1) is 11.7 Å². The number of rotatable bonds is 3. The summed E-state index contributed by atoms with van der Waals surface area (Å²) in [5, 5.41) is 7.22. The molecule has 0 saturated heterocycles. The van der Waals surface area contributed by atoms with E-state index in [1.165, 1.54) is 12.1 Å². The first-order chi connectivity index (χ1) is 8.38. The Balaban J connectivity index is 2.30. The minimum Gasteiger partial charge on any atom is -0.490 e. The van der Waals surface area contributed by atoms with E-state index in [1.807, 2.05) is 0 Å². The van der Waals surface area contributed by atoms with Crippen molar-refractivity contribution in [2.75, 3.05) is 0 Å². The number of halogens is 3. The molecule has 1 saturated carbocycles. The van der Waals surface area contributed by atoms with Crippen LogP contribution in [0.5, 0.6) is 5.75 Å². The van der Waals surface area contributed by atoms with E-state index >= 15 is 0 Å². The van der Waals surface area contributed by atoms with Gasteiger partial charge in [-0.2, -0.15) is 13.2 Å². The number of hydrogen-bond donors (Lipinski definition) is 2. The zero-order valence-corrected chi connectivity index (χ0v) is 9.55. The van der Waals surface area contributed by atoms with E-state index in [-0.39, 0.29) is 11.7 Å². The predicted octanol–water partition coefficient (Wildman–Crippen LogP) is 2.92. The second-order valence-corrected chi connectivity index (χ2v) is 4.29. The van der Waals surface area contributed by atoms with Crippen molar-refractivity contribution in [2.24, 2.45) is 5.73 Å². The van der Waals surface area contributed by atoms with E-state index in [1.54, 1.807) is 0 Å². The topological polar surface area (TPSA) is 59.1 Å². The minimum atomic E-state index is -4.52. The average molecular weight is 258 g/mol. The fraction of sp³-hybridized carbons (Fsp3) is 0.417. The van der Waals surface area contributed by atoms with Gasteiger partial charge in [-0.25, -0.2) is 0 Å². The van der Waals surface area contributed by atoms with Crippen molar-refractivity contribution in [3.8, 4) is 5.75 Å². The van der Waals surface area contributed by atoms with Crippen molar-refractivity contribution in [1.82, 2.24) is 0 Å². The fourth-order valence-corrected chi connectivity index (χ4v) is 1.75. The summed E-state index contributed by atoms with van der Waals surface area (Å²) < 4.78 is 43.6. The second-order valence-electron chi connectivity index (χ2n) is 4.29. The van der Waals surface area contributed by atoms with Crippen LogP contribution in [0, 0.1) is 5.41 Å². The van der Waals surface area contributed by atoms with E-state index < -0.39 is 17.6 Å². The quantitative estimate of drug-likeness (QED) is 0.647. The van der Waals surface area contributed by atoms with Crippen LogP contribution < -0.4 is 10.5 Å². The highest BCUT2D eigenvalue weighted by molar-refractivity contribution is 5.97. The molecule has 0 radical (unpaired) electrons. The first-order valence-corrected chi connectivity index (χ1v) is 5.60. The average Bonchev–Trinajstić information content (AvgIpc) is 2.21. The Morgan fingerprint density at radius 2 is 2.00 bits per heavy atom. The van der Waals surface area contributed by atoms with E-state index in [9.17, 15) is 13.2 Å². The molecule has 0 heterocycles. The molecule has 1 aliphatic rings. The maximum atomic E-state index is 12.7. The standard InChI is InChI=1S/C12H13F3N2O/c13-12(14,15)10-5-4-8(6-9(10)11(16)17)18-7-2-1-3-7/h4-7H,1-3H2,(H3,16,17). The molecule has 98 valence electrons. The molecule has 1 fully saturated rings. The monoisotopic (exact) mass is 258 g/mol. The van der Waals surface area contributed by atoms with E-state index in [0.717, 1.165) is 25.3 Å². The number of benzene rings is 1. The number of hydrogen-bond acceptors (Lipinski definition) is 2. The predicted molar refractivity (Wildman–Crippen MR) is 60.7 cm³/mol. The van der Waals surface area contributed by atoms with Crippen LogP contribution >= 0.6 is 0 Å². The molecule has 1 aromatic rings. The van der Waals surface area contributed by atoms with Crippen LogP contribution in [0.1, 0.15) is 30.4 Å². The Morgan fingerprint density at radius 3 is 2.44 bits per heavy atom. The van der Waals surface area contributed by atoms with Crippen molar-refractivity contribution in [2.45, 2.75) is 31.5 Å². The summed E-state index contributed by atoms with van der Waals surface area (Å²) in [4.78, 5) is 0. The number of nitrogen functional groups attached to an aromatic ring is 1. The zero-order chi connectivity index (χ0) is 13.3. The van der Waals surface area contributed by atoms with Gasteiger partial charge < -0.3 is 10.5 Å². The van der Waals surface area contributed by atoms with Gasteiger partial charge in [-0.3, -0.25) is 5.41 Å². The minimum absolute atomic E-state index is 0.0709. The van der Waals surface area contributed by atoms with Gasteiger partial charge in [0, 0.05) is 5.56 Å². The van der Waals surface area contributed by atoms with Gasteiger partial charge in [-0.15, -0.1) is 0 Å². The highest BCUT2D eigenvalue weighted by Gasteiger charge is 2.34. The highest BCUT2D eigenvalue weighted by atomic mass is 19.4. The van der Waals surface area contributed by atoms with E-state index in [0.29, 0.717) is 5.75 Å². The van der Waals surface area contributed by atoms with Crippen molar-refractivity contribution in [1.29, 1.82) is 5.41 Å². The third kappa shape index (κ3) is 2.57. The van der Waals surface area contributed by atoms with Crippen LogP contribution in [0.15, 0.2) is 18.2 Å². The third-order valence-corrected chi connectivity index (χ3v) is 2.94. The van der Waals surface area contributed by atoms with Crippen LogP contribution in [0.4, 0.5) is 13.2 Å². The van der Waals surface area contributed by atoms with Crippen LogP contribution in [0.25, 0.3) is 0 Å². The van der Waals surface area contributed by atoms with Crippen molar-refractivity contribution in [3.63, 3.8) is 0 Å². The normalized spacial score (nSPS) is 16.2. The molecule has 0 aliphatic heterocycles. The number of nitrogens with two attached hydrogens (primary N) is 1. The molecule has 1 aromatic carbocycles. The maximum absolute atomic E-state index is 12.7. The number of alkyl halides is 3. The molecule has 6 heteroatoms. The van der Waals surface area contributed by atoms with Crippen LogP contribution in [-0.2, 0) is 6.18 Å². The lowest BCUT2D eigenvalue weighted by Crippen LogP contribution is -2.25. The Hall–Kier alpha value is -1.72.